The SMILES string of the molecule is NC1N=C(c2ccccc2)c2ccccc2N(CCCOc2ccccc2)C1=O. The number of carbonyl (C=O) groups is 1. The molecule has 0 saturated heterocycles. The molecule has 0 aliphatic carbocycles. The van der Waals surface area contributed by atoms with Crippen LogP contribution in [0, 0.1) is 0 Å². The second-order valence-corrected chi connectivity index (χ2v) is 6.81. The summed E-state index contributed by atoms with van der Waals surface area (Å²) < 4.78 is 5.77. The van der Waals surface area contributed by atoms with Gasteiger partial charge in [0, 0.05) is 17.7 Å². The topological polar surface area (TPSA) is 67.9 Å². The maximum atomic E-state index is 13.0. The molecular weight excluding hydrogens is 362 g/mol. The molecule has 0 aromatic heterocycles. The number of para-hydroxylation sites is 2. The fraction of sp³-hybridized carbons (Fsp3) is 0.167. The van der Waals surface area contributed by atoms with Gasteiger partial charge in [0.2, 0.25) is 0 Å². The molecule has 3 aromatic rings. The molecule has 0 saturated carbocycles. The summed E-state index contributed by atoms with van der Waals surface area (Å²) in [6, 6.07) is 27.3. The van der Waals surface area contributed by atoms with Gasteiger partial charge >= 0.3 is 0 Å². The molecule has 1 unspecified atom stereocenters. The molecule has 29 heavy (non-hydrogen) atoms. The van der Waals surface area contributed by atoms with E-state index in [0.717, 1.165) is 28.3 Å². The van der Waals surface area contributed by atoms with Crippen molar-refractivity contribution in [3.8, 4) is 5.75 Å². The third-order valence-electron chi connectivity index (χ3n) is 4.82. The third kappa shape index (κ3) is 4.20. The number of nitrogens with zero attached hydrogens (tertiary/aromatic N) is 2. The highest BCUT2D eigenvalue weighted by Crippen LogP contribution is 2.28. The molecule has 0 spiro atoms. The van der Waals surface area contributed by atoms with E-state index in [1.54, 1.807) is 4.90 Å². The number of fused-ring (bicyclic) bond motifs is 1. The third-order valence-corrected chi connectivity index (χ3v) is 4.82. The minimum absolute atomic E-state index is 0.205. The Morgan fingerprint density at radius 2 is 1.55 bits per heavy atom. The van der Waals surface area contributed by atoms with Crippen LogP contribution in [-0.2, 0) is 4.79 Å². The van der Waals surface area contributed by atoms with Crippen LogP contribution >= 0.6 is 0 Å². The van der Waals surface area contributed by atoms with E-state index < -0.39 is 6.17 Å². The number of benzene rings is 3. The van der Waals surface area contributed by atoms with Gasteiger partial charge in [-0.1, -0.05) is 66.7 Å². The lowest BCUT2D eigenvalue weighted by Crippen LogP contribution is -2.43. The smallest absolute Gasteiger partial charge is 0.266 e. The van der Waals surface area contributed by atoms with Crippen molar-refractivity contribution in [2.45, 2.75) is 12.6 Å². The summed E-state index contributed by atoms with van der Waals surface area (Å²) in [5.41, 5.74) is 9.58. The van der Waals surface area contributed by atoms with Crippen LogP contribution in [0.5, 0.6) is 5.75 Å². The Hall–Kier alpha value is -3.44. The molecule has 1 aliphatic rings. The summed E-state index contributed by atoms with van der Waals surface area (Å²) in [5, 5.41) is 0. The minimum Gasteiger partial charge on any atom is -0.494 e. The fourth-order valence-electron chi connectivity index (χ4n) is 3.44. The summed E-state index contributed by atoms with van der Waals surface area (Å²) in [6.07, 6.45) is -0.254. The summed E-state index contributed by atoms with van der Waals surface area (Å²) in [4.78, 5) is 19.3. The first-order valence-electron chi connectivity index (χ1n) is 9.71. The zero-order chi connectivity index (χ0) is 20.1. The quantitative estimate of drug-likeness (QED) is 0.659. The molecule has 0 radical (unpaired) electrons. The first-order valence-corrected chi connectivity index (χ1v) is 9.71. The molecule has 1 aliphatic heterocycles. The molecule has 3 aromatic carbocycles. The highest BCUT2D eigenvalue weighted by atomic mass is 16.5. The Kier molecular flexibility index (Phi) is 5.68. The maximum absolute atomic E-state index is 13.0. The largest absolute Gasteiger partial charge is 0.494 e. The Morgan fingerprint density at radius 3 is 2.31 bits per heavy atom. The molecule has 1 heterocycles. The Bertz CT molecular complexity index is 1000. The summed E-state index contributed by atoms with van der Waals surface area (Å²) in [7, 11) is 0. The lowest BCUT2D eigenvalue weighted by Gasteiger charge is -2.24. The van der Waals surface area contributed by atoms with Crippen LogP contribution in [0.4, 0.5) is 5.69 Å². The van der Waals surface area contributed by atoms with Crippen molar-refractivity contribution in [1.82, 2.24) is 0 Å². The second kappa shape index (κ2) is 8.71. The van der Waals surface area contributed by atoms with Crippen LogP contribution in [0.2, 0.25) is 0 Å². The molecule has 4 rings (SSSR count). The van der Waals surface area contributed by atoms with Crippen LogP contribution in [0.25, 0.3) is 0 Å². The summed E-state index contributed by atoms with van der Waals surface area (Å²) in [6.45, 7) is 1.02. The molecule has 1 atom stereocenters. The van der Waals surface area contributed by atoms with Gasteiger partial charge in [0.15, 0.2) is 6.17 Å². The molecule has 0 bridgehead atoms. The van der Waals surface area contributed by atoms with E-state index in [1.165, 1.54) is 0 Å². The van der Waals surface area contributed by atoms with Crippen molar-refractivity contribution in [2.75, 3.05) is 18.1 Å². The number of hydrogen-bond acceptors (Lipinski definition) is 4. The van der Waals surface area contributed by atoms with E-state index in [2.05, 4.69) is 4.99 Å². The van der Waals surface area contributed by atoms with Crippen molar-refractivity contribution in [3.63, 3.8) is 0 Å². The van der Waals surface area contributed by atoms with E-state index in [-0.39, 0.29) is 5.91 Å². The molecule has 5 nitrogen and oxygen atoms in total. The number of anilines is 1. The average Bonchev–Trinajstić information content (AvgIpc) is 2.88. The van der Waals surface area contributed by atoms with Gasteiger partial charge in [-0.25, -0.2) is 0 Å². The predicted octanol–water partition coefficient (Wildman–Crippen LogP) is 3.62. The number of amides is 1. The average molecular weight is 385 g/mol. The predicted molar refractivity (Wildman–Crippen MR) is 115 cm³/mol. The van der Waals surface area contributed by atoms with E-state index in [0.29, 0.717) is 19.6 Å². The molecule has 5 heteroatoms. The Labute approximate surface area is 170 Å². The van der Waals surface area contributed by atoms with Crippen LogP contribution in [0.15, 0.2) is 89.9 Å². The van der Waals surface area contributed by atoms with Crippen molar-refractivity contribution < 1.29 is 9.53 Å². The molecule has 1 amide bonds. The lowest BCUT2D eigenvalue weighted by atomic mass is 10.0. The van der Waals surface area contributed by atoms with Crippen LogP contribution < -0.4 is 15.4 Å². The Morgan fingerprint density at radius 1 is 0.897 bits per heavy atom. The second-order valence-electron chi connectivity index (χ2n) is 6.81. The monoisotopic (exact) mass is 385 g/mol. The van der Waals surface area contributed by atoms with Gasteiger partial charge < -0.3 is 15.4 Å². The molecule has 2 N–H and O–H groups in total. The fourth-order valence-corrected chi connectivity index (χ4v) is 3.44. The van der Waals surface area contributed by atoms with Crippen molar-refractivity contribution >= 4 is 17.3 Å². The van der Waals surface area contributed by atoms with Gasteiger partial charge in [0.05, 0.1) is 18.0 Å². The zero-order valence-electron chi connectivity index (χ0n) is 16.1. The zero-order valence-corrected chi connectivity index (χ0v) is 16.1. The van der Waals surface area contributed by atoms with Crippen molar-refractivity contribution in [2.24, 2.45) is 10.7 Å². The number of hydrogen-bond donors (Lipinski definition) is 1. The first kappa shape index (κ1) is 18.9. The van der Waals surface area contributed by atoms with Crippen LogP contribution in [0.3, 0.4) is 0 Å². The highest BCUT2D eigenvalue weighted by molar-refractivity contribution is 6.20. The highest BCUT2D eigenvalue weighted by Gasteiger charge is 2.29. The first-order chi connectivity index (χ1) is 14.2. The summed E-state index contributed by atoms with van der Waals surface area (Å²) >= 11 is 0. The van der Waals surface area contributed by atoms with E-state index >= 15 is 0 Å². The van der Waals surface area contributed by atoms with Gasteiger partial charge in [0.25, 0.3) is 5.91 Å². The van der Waals surface area contributed by atoms with Crippen molar-refractivity contribution in [3.05, 3.63) is 96.1 Å². The van der Waals surface area contributed by atoms with Crippen LogP contribution in [-0.4, -0.2) is 30.9 Å². The van der Waals surface area contributed by atoms with Gasteiger partial charge in [-0.2, -0.15) is 0 Å². The van der Waals surface area contributed by atoms with Crippen molar-refractivity contribution in [1.29, 1.82) is 0 Å². The molecule has 0 fully saturated rings. The summed E-state index contributed by atoms with van der Waals surface area (Å²) in [5.74, 6) is 0.615. The number of rotatable bonds is 6. The number of aliphatic imine (C=N–C) groups is 1. The Balaban J connectivity index is 1.57. The number of ether oxygens (including phenoxy) is 1. The van der Waals surface area contributed by atoms with Crippen LogP contribution in [0.1, 0.15) is 17.5 Å². The molecular formula is C24H23N3O2. The van der Waals surface area contributed by atoms with E-state index in [1.807, 2.05) is 84.9 Å². The van der Waals surface area contributed by atoms with Gasteiger partial charge in [-0.3, -0.25) is 9.79 Å². The van der Waals surface area contributed by atoms with Gasteiger partial charge in [-0.15, -0.1) is 0 Å². The van der Waals surface area contributed by atoms with Gasteiger partial charge in [0.1, 0.15) is 5.75 Å². The van der Waals surface area contributed by atoms with E-state index in [4.69, 9.17) is 10.5 Å². The maximum Gasteiger partial charge on any atom is 0.266 e. The lowest BCUT2D eigenvalue weighted by molar-refractivity contribution is -0.119. The number of benzodiazepines with no additional fused rings is 1. The number of carbonyl (C=O) groups excluding carboxylic acids is 1. The minimum atomic E-state index is -0.937. The number of nitrogens with two attached hydrogens (primary N) is 1. The van der Waals surface area contributed by atoms with Gasteiger partial charge in [-0.05, 0) is 24.6 Å². The standard InChI is InChI=1S/C24H23N3O2/c25-23-24(28)27(16-9-17-29-19-12-5-2-6-13-19)21-15-8-7-14-20(21)22(26-23)18-10-3-1-4-11-18/h1-8,10-15,23H,9,16-17,25H2. The van der Waals surface area contributed by atoms with E-state index in [9.17, 15) is 4.79 Å². The normalized spacial score (nSPS) is 16.0. The molecule has 146 valence electrons.